The molecule has 0 atom stereocenters. The van der Waals surface area contributed by atoms with Gasteiger partial charge in [-0.1, -0.05) is 30.3 Å². The van der Waals surface area contributed by atoms with Gasteiger partial charge in [-0.3, -0.25) is 4.79 Å². The van der Waals surface area contributed by atoms with Crippen molar-refractivity contribution in [2.45, 2.75) is 26.4 Å². The molecule has 0 radical (unpaired) electrons. The smallest absolute Gasteiger partial charge is 0.224 e. The zero-order chi connectivity index (χ0) is 15.8. The Balaban J connectivity index is 1.65. The molecular formula is C18H22N2O2. The third-order valence-corrected chi connectivity index (χ3v) is 3.33. The summed E-state index contributed by atoms with van der Waals surface area (Å²) in [5.74, 6) is -0.00353. The first kappa shape index (κ1) is 16.0. The lowest BCUT2D eigenvalue weighted by Crippen LogP contribution is -2.13. The number of aryl methyl sites for hydroxylation is 1. The van der Waals surface area contributed by atoms with Gasteiger partial charge in [0.05, 0.1) is 6.61 Å². The summed E-state index contributed by atoms with van der Waals surface area (Å²) in [4.78, 5) is 11.9. The number of amides is 1. The van der Waals surface area contributed by atoms with E-state index in [1.165, 1.54) is 0 Å². The van der Waals surface area contributed by atoms with Crippen LogP contribution in [0, 0.1) is 6.92 Å². The van der Waals surface area contributed by atoms with Crippen LogP contribution in [-0.2, 0) is 16.1 Å². The number of carbonyl (C=O) groups is 1. The molecule has 4 heteroatoms. The molecule has 0 aromatic heterocycles. The van der Waals surface area contributed by atoms with Gasteiger partial charge in [0.15, 0.2) is 0 Å². The molecule has 22 heavy (non-hydrogen) atoms. The molecule has 2 rings (SSSR count). The number of nitrogen functional groups attached to an aromatic ring is 1. The molecule has 2 aromatic rings. The highest BCUT2D eigenvalue weighted by Gasteiger charge is 2.05. The van der Waals surface area contributed by atoms with Crippen molar-refractivity contribution in [1.29, 1.82) is 0 Å². The largest absolute Gasteiger partial charge is 0.399 e. The minimum Gasteiger partial charge on any atom is -0.399 e. The van der Waals surface area contributed by atoms with Crippen molar-refractivity contribution in [3.63, 3.8) is 0 Å². The van der Waals surface area contributed by atoms with E-state index in [9.17, 15) is 4.79 Å². The summed E-state index contributed by atoms with van der Waals surface area (Å²) in [5.41, 5.74) is 9.31. The van der Waals surface area contributed by atoms with Crippen molar-refractivity contribution in [1.82, 2.24) is 0 Å². The second kappa shape index (κ2) is 8.20. The van der Waals surface area contributed by atoms with Crippen LogP contribution in [0.25, 0.3) is 0 Å². The molecule has 2 aromatic carbocycles. The zero-order valence-corrected chi connectivity index (χ0v) is 12.8. The van der Waals surface area contributed by atoms with Crippen LogP contribution in [0.3, 0.4) is 0 Å². The molecule has 0 bridgehead atoms. The maximum absolute atomic E-state index is 11.9. The molecule has 0 fully saturated rings. The maximum atomic E-state index is 11.9. The molecule has 1 amide bonds. The van der Waals surface area contributed by atoms with Gasteiger partial charge in [-0.05, 0) is 42.7 Å². The Morgan fingerprint density at radius 2 is 1.95 bits per heavy atom. The van der Waals surface area contributed by atoms with Crippen LogP contribution < -0.4 is 11.1 Å². The van der Waals surface area contributed by atoms with Crippen molar-refractivity contribution in [2.24, 2.45) is 0 Å². The molecule has 3 N–H and O–H groups in total. The van der Waals surface area contributed by atoms with Gasteiger partial charge < -0.3 is 15.8 Å². The number of benzene rings is 2. The molecule has 0 aliphatic heterocycles. The van der Waals surface area contributed by atoms with Gasteiger partial charge in [-0.25, -0.2) is 0 Å². The normalized spacial score (nSPS) is 10.4. The molecule has 0 heterocycles. The van der Waals surface area contributed by atoms with E-state index in [0.29, 0.717) is 31.7 Å². The predicted molar refractivity (Wildman–Crippen MR) is 89.6 cm³/mol. The first-order valence-corrected chi connectivity index (χ1v) is 7.43. The van der Waals surface area contributed by atoms with Crippen LogP contribution in [0.5, 0.6) is 0 Å². The van der Waals surface area contributed by atoms with Crippen LogP contribution in [0.1, 0.15) is 24.0 Å². The van der Waals surface area contributed by atoms with Gasteiger partial charge in [0.1, 0.15) is 0 Å². The van der Waals surface area contributed by atoms with Crippen LogP contribution in [0.15, 0.2) is 48.5 Å². The summed E-state index contributed by atoms with van der Waals surface area (Å²) >= 11 is 0. The minimum absolute atomic E-state index is 0.00353. The molecule has 0 saturated heterocycles. The summed E-state index contributed by atoms with van der Waals surface area (Å²) in [6.45, 7) is 3.08. The Morgan fingerprint density at radius 3 is 2.68 bits per heavy atom. The van der Waals surface area contributed by atoms with Crippen LogP contribution in [-0.4, -0.2) is 12.5 Å². The number of anilines is 2. The Bertz CT molecular complexity index is 612. The number of rotatable bonds is 7. The fourth-order valence-electron chi connectivity index (χ4n) is 2.14. The summed E-state index contributed by atoms with van der Waals surface area (Å²) in [6, 6.07) is 15.5. The standard InChI is InChI=1S/C18H22N2O2/c1-14-12-16(19)9-10-17(14)20-18(21)8-5-11-22-13-15-6-3-2-4-7-15/h2-4,6-7,9-10,12H,5,8,11,13,19H2,1H3,(H,20,21). The highest BCUT2D eigenvalue weighted by molar-refractivity contribution is 5.91. The van der Waals surface area contributed by atoms with Crippen molar-refractivity contribution < 1.29 is 9.53 Å². The van der Waals surface area contributed by atoms with E-state index >= 15 is 0 Å². The Morgan fingerprint density at radius 1 is 1.18 bits per heavy atom. The van der Waals surface area contributed by atoms with E-state index in [4.69, 9.17) is 10.5 Å². The number of hydrogen-bond acceptors (Lipinski definition) is 3. The fraction of sp³-hybridized carbons (Fsp3) is 0.278. The molecule has 116 valence electrons. The number of carbonyl (C=O) groups excluding carboxylic acids is 1. The van der Waals surface area contributed by atoms with Crippen molar-refractivity contribution >= 4 is 17.3 Å². The Labute approximate surface area is 131 Å². The van der Waals surface area contributed by atoms with E-state index in [-0.39, 0.29) is 5.91 Å². The van der Waals surface area contributed by atoms with E-state index in [0.717, 1.165) is 16.8 Å². The molecule has 0 aliphatic carbocycles. The Kier molecular flexibility index (Phi) is 5.98. The fourth-order valence-corrected chi connectivity index (χ4v) is 2.14. The lowest BCUT2D eigenvalue weighted by Gasteiger charge is -2.09. The number of hydrogen-bond donors (Lipinski definition) is 2. The first-order chi connectivity index (χ1) is 10.6. The molecular weight excluding hydrogens is 276 g/mol. The molecule has 0 unspecified atom stereocenters. The summed E-state index contributed by atoms with van der Waals surface area (Å²) < 4.78 is 5.56. The van der Waals surface area contributed by atoms with E-state index in [1.807, 2.05) is 49.4 Å². The van der Waals surface area contributed by atoms with Crippen molar-refractivity contribution in [3.8, 4) is 0 Å². The monoisotopic (exact) mass is 298 g/mol. The summed E-state index contributed by atoms with van der Waals surface area (Å²) in [5, 5.41) is 2.90. The minimum atomic E-state index is -0.00353. The number of nitrogens with two attached hydrogens (primary N) is 1. The highest BCUT2D eigenvalue weighted by atomic mass is 16.5. The van der Waals surface area contributed by atoms with Crippen LogP contribution in [0.4, 0.5) is 11.4 Å². The zero-order valence-electron chi connectivity index (χ0n) is 12.8. The van der Waals surface area contributed by atoms with Crippen LogP contribution >= 0.6 is 0 Å². The van der Waals surface area contributed by atoms with E-state index in [2.05, 4.69) is 5.32 Å². The van der Waals surface area contributed by atoms with E-state index in [1.54, 1.807) is 6.07 Å². The van der Waals surface area contributed by atoms with Crippen molar-refractivity contribution in [2.75, 3.05) is 17.7 Å². The molecule has 0 aliphatic rings. The Hall–Kier alpha value is -2.33. The maximum Gasteiger partial charge on any atom is 0.224 e. The van der Waals surface area contributed by atoms with Gasteiger partial charge >= 0.3 is 0 Å². The molecule has 0 saturated carbocycles. The van der Waals surface area contributed by atoms with Gasteiger partial charge in [0, 0.05) is 24.4 Å². The van der Waals surface area contributed by atoms with Gasteiger partial charge in [-0.15, -0.1) is 0 Å². The third-order valence-electron chi connectivity index (χ3n) is 3.33. The first-order valence-electron chi connectivity index (χ1n) is 7.43. The lowest BCUT2D eigenvalue weighted by molar-refractivity contribution is -0.116. The average Bonchev–Trinajstić information content (AvgIpc) is 2.51. The van der Waals surface area contributed by atoms with Gasteiger partial charge in [0.25, 0.3) is 0 Å². The number of ether oxygens (including phenoxy) is 1. The molecule has 0 spiro atoms. The molecule has 4 nitrogen and oxygen atoms in total. The lowest BCUT2D eigenvalue weighted by atomic mass is 10.1. The quantitative estimate of drug-likeness (QED) is 0.607. The predicted octanol–water partition coefficient (Wildman–Crippen LogP) is 3.51. The van der Waals surface area contributed by atoms with Crippen molar-refractivity contribution in [3.05, 3.63) is 59.7 Å². The second-order valence-electron chi connectivity index (χ2n) is 5.26. The second-order valence-corrected chi connectivity index (χ2v) is 5.26. The third kappa shape index (κ3) is 5.22. The summed E-state index contributed by atoms with van der Waals surface area (Å²) in [6.07, 6.45) is 1.14. The van der Waals surface area contributed by atoms with Gasteiger partial charge in [0.2, 0.25) is 5.91 Å². The SMILES string of the molecule is Cc1cc(N)ccc1NC(=O)CCCOCc1ccccc1. The summed E-state index contributed by atoms with van der Waals surface area (Å²) in [7, 11) is 0. The van der Waals surface area contributed by atoms with Gasteiger partial charge in [-0.2, -0.15) is 0 Å². The topological polar surface area (TPSA) is 64.3 Å². The average molecular weight is 298 g/mol. The number of nitrogens with one attached hydrogen (secondary N) is 1. The van der Waals surface area contributed by atoms with Crippen LogP contribution in [0.2, 0.25) is 0 Å². The van der Waals surface area contributed by atoms with E-state index < -0.39 is 0 Å². The highest BCUT2D eigenvalue weighted by Crippen LogP contribution is 2.17.